The van der Waals surface area contributed by atoms with E-state index in [0.29, 0.717) is 11.7 Å². The van der Waals surface area contributed by atoms with Gasteiger partial charge in [0.2, 0.25) is 0 Å². The Morgan fingerprint density at radius 3 is 2.86 bits per heavy atom. The molecule has 0 amide bonds. The molecule has 6 heteroatoms. The summed E-state index contributed by atoms with van der Waals surface area (Å²) in [6.07, 6.45) is 4.24. The van der Waals surface area contributed by atoms with Crippen LogP contribution in [0, 0.1) is 0 Å². The van der Waals surface area contributed by atoms with Crippen LogP contribution in [-0.2, 0) is 13.1 Å². The molecule has 0 spiro atoms. The zero-order valence-corrected chi connectivity index (χ0v) is 12.5. The van der Waals surface area contributed by atoms with Crippen molar-refractivity contribution in [3.8, 4) is 0 Å². The molecule has 5 nitrogen and oxygen atoms in total. The summed E-state index contributed by atoms with van der Waals surface area (Å²) < 4.78 is 0. The first-order chi connectivity index (χ1) is 10.3. The largest absolute Gasteiger partial charge is 0.409 e. The molecule has 2 heterocycles. The zero-order chi connectivity index (χ0) is 14.7. The third-order valence-corrected chi connectivity index (χ3v) is 4.34. The average molecular weight is 302 g/mol. The Bertz CT molecular complexity index is 622. The molecule has 2 aromatic heterocycles. The van der Waals surface area contributed by atoms with Crippen LogP contribution in [0.2, 0.25) is 0 Å². The van der Waals surface area contributed by atoms with Crippen molar-refractivity contribution in [1.82, 2.24) is 9.88 Å². The summed E-state index contributed by atoms with van der Waals surface area (Å²) in [5.74, 6) is 0.0488. The van der Waals surface area contributed by atoms with E-state index in [1.54, 1.807) is 17.5 Å². The number of hydrogen-bond donors (Lipinski definition) is 2. The lowest BCUT2D eigenvalue weighted by atomic mass is 10.2. The number of amidine groups is 1. The van der Waals surface area contributed by atoms with Gasteiger partial charge in [-0.05, 0) is 52.9 Å². The Labute approximate surface area is 127 Å². The van der Waals surface area contributed by atoms with E-state index in [-0.39, 0.29) is 5.84 Å². The van der Waals surface area contributed by atoms with Gasteiger partial charge in [0, 0.05) is 25.3 Å². The van der Waals surface area contributed by atoms with Crippen molar-refractivity contribution in [3.63, 3.8) is 0 Å². The molecule has 1 aliphatic carbocycles. The van der Waals surface area contributed by atoms with Gasteiger partial charge in [0.05, 0.1) is 0 Å². The molecule has 1 saturated carbocycles. The van der Waals surface area contributed by atoms with Crippen molar-refractivity contribution in [1.29, 1.82) is 0 Å². The van der Waals surface area contributed by atoms with Gasteiger partial charge < -0.3 is 10.9 Å². The average Bonchev–Trinajstić information content (AvgIpc) is 3.24. The van der Waals surface area contributed by atoms with E-state index in [2.05, 4.69) is 31.9 Å². The molecule has 0 radical (unpaired) electrons. The lowest BCUT2D eigenvalue weighted by Gasteiger charge is -2.21. The second kappa shape index (κ2) is 6.24. The monoisotopic (exact) mass is 302 g/mol. The fourth-order valence-electron chi connectivity index (χ4n) is 2.37. The molecule has 0 atom stereocenters. The summed E-state index contributed by atoms with van der Waals surface area (Å²) in [4.78, 5) is 6.60. The Kier molecular flexibility index (Phi) is 4.17. The topological polar surface area (TPSA) is 74.7 Å². The van der Waals surface area contributed by atoms with E-state index in [4.69, 9.17) is 10.9 Å². The molecular weight excluding hydrogens is 284 g/mol. The number of hydrogen-bond acceptors (Lipinski definition) is 5. The van der Waals surface area contributed by atoms with Crippen molar-refractivity contribution in [2.45, 2.75) is 32.0 Å². The van der Waals surface area contributed by atoms with Crippen molar-refractivity contribution in [3.05, 3.63) is 52.0 Å². The van der Waals surface area contributed by atoms with Crippen LogP contribution in [0.15, 0.2) is 40.3 Å². The van der Waals surface area contributed by atoms with E-state index in [1.165, 1.54) is 18.4 Å². The highest BCUT2D eigenvalue weighted by molar-refractivity contribution is 7.07. The van der Waals surface area contributed by atoms with E-state index >= 15 is 0 Å². The summed E-state index contributed by atoms with van der Waals surface area (Å²) in [6.45, 7) is 1.82. The third-order valence-electron chi connectivity index (χ3n) is 3.61. The van der Waals surface area contributed by atoms with Gasteiger partial charge in [-0.25, -0.2) is 0 Å². The zero-order valence-electron chi connectivity index (χ0n) is 11.6. The SMILES string of the molecule is NC(=NO)c1cc(CN(Cc2ccsc2)C2CC2)ccn1. The molecule has 21 heavy (non-hydrogen) atoms. The minimum absolute atomic E-state index is 0.0488. The number of thiophene rings is 1. The maximum Gasteiger partial charge on any atom is 0.188 e. The van der Waals surface area contributed by atoms with Gasteiger partial charge in [0.1, 0.15) is 5.69 Å². The normalized spacial score (nSPS) is 15.6. The first-order valence-corrected chi connectivity index (χ1v) is 7.88. The summed E-state index contributed by atoms with van der Waals surface area (Å²) >= 11 is 1.73. The fraction of sp³-hybridized carbons (Fsp3) is 0.333. The standard InChI is InChI=1S/C15H18N4OS/c16-15(18-20)14-7-11(3-5-17-14)8-19(13-1-2-13)9-12-4-6-21-10-12/h3-7,10,13,20H,1-2,8-9H2,(H2,16,18). The third kappa shape index (κ3) is 3.59. The predicted molar refractivity (Wildman–Crippen MR) is 83.3 cm³/mol. The lowest BCUT2D eigenvalue weighted by Crippen LogP contribution is -2.25. The molecule has 3 rings (SSSR count). The molecular formula is C15H18N4OS. The lowest BCUT2D eigenvalue weighted by molar-refractivity contribution is 0.246. The number of pyridine rings is 1. The van der Waals surface area contributed by atoms with E-state index < -0.39 is 0 Å². The van der Waals surface area contributed by atoms with Crippen LogP contribution < -0.4 is 5.73 Å². The van der Waals surface area contributed by atoms with Gasteiger partial charge in [-0.15, -0.1) is 0 Å². The maximum atomic E-state index is 8.74. The van der Waals surface area contributed by atoms with Crippen LogP contribution in [0.5, 0.6) is 0 Å². The highest BCUT2D eigenvalue weighted by Crippen LogP contribution is 2.30. The van der Waals surface area contributed by atoms with Crippen LogP contribution in [0.3, 0.4) is 0 Å². The molecule has 0 unspecified atom stereocenters. The van der Waals surface area contributed by atoms with Crippen LogP contribution in [0.4, 0.5) is 0 Å². The first kappa shape index (κ1) is 14.0. The summed E-state index contributed by atoms with van der Waals surface area (Å²) in [5, 5.41) is 16.1. The van der Waals surface area contributed by atoms with Crippen LogP contribution in [0.1, 0.15) is 29.7 Å². The van der Waals surface area contributed by atoms with Crippen molar-refractivity contribution < 1.29 is 5.21 Å². The van der Waals surface area contributed by atoms with Gasteiger partial charge in [0.25, 0.3) is 0 Å². The van der Waals surface area contributed by atoms with Crippen LogP contribution >= 0.6 is 11.3 Å². The van der Waals surface area contributed by atoms with E-state index in [1.807, 2.05) is 12.1 Å². The molecule has 1 aliphatic rings. The Morgan fingerprint density at radius 1 is 1.38 bits per heavy atom. The highest BCUT2D eigenvalue weighted by atomic mass is 32.1. The van der Waals surface area contributed by atoms with Crippen molar-refractivity contribution in [2.24, 2.45) is 10.9 Å². The van der Waals surface area contributed by atoms with Crippen molar-refractivity contribution >= 4 is 17.2 Å². The Balaban J connectivity index is 1.73. The van der Waals surface area contributed by atoms with Crippen LogP contribution in [-0.4, -0.2) is 27.0 Å². The minimum atomic E-state index is 0.0488. The number of rotatable bonds is 6. The smallest absolute Gasteiger partial charge is 0.188 e. The second-order valence-electron chi connectivity index (χ2n) is 5.30. The van der Waals surface area contributed by atoms with Gasteiger partial charge >= 0.3 is 0 Å². The highest BCUT2D eigenvalue weighted by Gasteiger charge is 2.29. The summed E-state index contributed by atoms with van der Waals surface area (Å²) in [7, 11) is 0. The summed E-state index contributed by atoms with van der Waals surface area (Å²) in [5.41, 5.74) is 8.61. The van der Waals surface area contributed by atoms with Gasteiger partial charge in [-0.2, -0.15) is 11.3 Å². The quantitative estimate of drug-likeness (QED) is 0.372. The Hall–Kier alpha value is -1.92. The maximum absolute atomic E-state index is 8.74. The Morgan fingerprint density at radius 2 is 2.19 bits per heavy atom. The number of aromatic nitrogens is 1. The number of nitrogens with two attached hydrogens (primary N) is 1. The van der Waals surface area contributed by atoms with Crippen LogP contribution in [0.25, 0.3) is 0 Å². The molecule has 1 fully saturated rings. The molecule has 0 bridgehead atoms. The molecule has 3 N–H and O–H groups in total. The molecule has 0 aromatic carbocycles. The molecule has 110 valence electrons. The van der Waals surface area contributed by atoms with Gasteiger partial charge in [-0.3, -0.25) is 9.88 Å². The van der Waals surface area contributed by atoms with E-state index in [9.17, 15) is 0 Å². The number of nitrogens with zero attached hydrogens (tertiary/aromatic N) is 3. The molecule has 0 saturated heterocycles. The van der Waals surface area contributed by atoms with E-state index in [0.717, 1.165) is 18.7 Å². The minimum Gasteiger partial charge on any atom is -0.409 e. The number of oxime groups is 1. The molecule has 2 aromatic rings. The first-order valence-electron chi connectivity index (χ1n) is 6.94. The summed E-state index contributed by atoms with van der Waals surface area (Å²) in [6, 6.07) is 6.72. The predicted octanol–water partition coefficient (Wildman–Crippen LogP) is 2.40. The fourth-order valence-corrected chi connectivity index (χ4v) is 3.03. The van der Waals surface area contributed by atoms with Gasteiger partial charge in [0.15, 0.2) is 5.84 Å². The second-order valence-corrected chi connectivity index (χ2v) is 6.08. The van der Waals surface area contributed by atoms with Crippen molar-refractivity contribution in [2.75, 3.05) is 0 Å². The van der Waals surface area contributed by atoms with Gasteiger partial charge in [-0.1, -0.05) is 5.16 Å². The molecule has 0 aliphatic heterocycles.